The lowest BCUT2D eigenvalue weighted by atomic mass is 9.86. The molecule has 1 aliphatic heterocycles. The molecule has 0 N–H and O–H groups in total. The Hall–Kier alpha value is -2.29. The van der Waals surface area contributed by atoms with Crippen molar-refractivity contribution in [2.24, 2.45) is 5.92 Å². The van der Waals surface area contributed by atoms with Gasteiger partial charge in [0.05, 0.1) is 0 Å². The second-order valence-electron chi connectivity index (χ2n) is 11.4. The Kier molecular flexibility index (Phi) is 12.9. The van der Waals surface area contributed by atoms with Crippen LogP contribution in [0.25, 0.3) is 16.5 Å². The third kappa shape index (κ3) is 7.47. The van der Waals surface area contributed by atoms with Crippen LogP contribution in [0.15, 0.2) is 36.0 Å². The third-order valence-electron chi connectivity index (χ3n) is 8.90. The number of allylic oxidation sites excluding steroid dienone is 3. The van der Waals surface area contributed by atoms with Gasteiger partial charge in [-0.05, 0) is 61.1 Å². The summed E-state index contributed by atoms with van der Waals surface area (Å²) in [7, 11) is 0. The number of carbonyl (C=O) groups excluding carboxylic acids is 1. The van der Waals surface area contributed by atoms with Gasteiger partial charge in [-0.1, -0.05) is 104 Å². The van der Waals surface area contributed by atoms with E-state index >= 15 is 0 Å². The van der Waals surface area contributed by atoms with Gasteiger partial charge in [0.15, 0.2) is 0 Å². The summed E-state index contributed by atoms with van der Waals surface area (Å²) in [5.41, 5.74) is 8.03. The van der Waals surface area contributed by atoms with Crippen molar-refractivity contribution in [3.63, 3.8) is 0 Å². The highest BCUT2D eigenvalue weighted by atomic mass is 16.1. The van der Waals surface area contributed by atoms with Crippen molar-refractivity contribution in [3.8, 4) is 0 Å². The second-order valence-corrected chi connectivity index (χ2v) is 11.4. The van der Waals surface area contributed by atoms with E-state index in [1.807, 2.05) is 19.9 Å². The van der Waals surface area contributed by atoms with Crippen molar-refractivity contribution in [1.82, 2.24) is 9.47 Å². The molecule has 216 valence electrons. The minimum atomic E-state index is 0.548. The van der Waals surface area contributed by atoms with E-state index in [1.165, 1.54) is 91.3 Å². The topological polar surface area (TPSA) is 25.2 Å². The first-order chi connectivity index (χ1) is 19.1. The first kappa shape index (κ1) is 31.2. The molecule has 2 aromatic rings. The van der Waals surface area contributed by atoms with Gasteiger partial charge in [0.25, 0.3) is 0 Å². The highest BCUT2D eigenvalue weighted by molar-refractivity contribution is 5.94. The number of nitrogens with zero attached hydrogens (tertiary/aromatic N) is 2. The number of carbonyl (C=O) groups is 1. The number of fused-ring (bicyclic) bond motifs is 3. The fourth-order valence-electron chi connectivity index (χ4n) is 7.04. The Labute approximate surface area is 239 Å². The SMILES string of the molecule is CC.CC/C=C1\C/C(=C\CC)N(CCC2CCCCC2)CCn2c1c(C(CC)CCC)c1ccc(C=O)cc12. The van der Waals surface area contributed by atoms with Crippen LogP contribution in [0.3, 0.4) is 0 Å². The molecule has 1 saturated carbocycles. The maximum Gasteiger partial charge on any atom is 0.150 e. The molecule has 1 atom stereocenters. The summed E-state index contributed by atoms with van der Waals surface area (Å²) in [6, 6.07) is 6.40. The maximum absolute atomic E-state index is 11.8. The summed E-state index contributed by atoms with van der Waals surface area (Å²) >= 11 is 0. The zero-order valence-corrected chi connectivity index (χ0v) is 26.0. The van der Waals surface area contributed by atoms with Gasteiger partial charge in [-0.3, -0.25) is 4.79 Å². The van der Waals surface area contributed by atoms with Gasteiger partial charge in [0, 0.05) is 53.9 Å². The number of benzene rings is 1. The molecule has 1 aromatic carbocycles. The maximum atomic E-state index is 11.8. The summed E-state index contributed by atoms with van der Waals surface area (Å²) < 4.78 is 2.59. The van der Waals surface area contributed by atoms with Crippen molar-refractivity contribution in [1.29, 1.82) is 0 Å². The van der Waals surface area contributed by atoms with E-state index in [1.54, 1.807) is 0 Å². The number of aromatic nitrogens is 1. The standard InChI is InChI=1S/C34H50N2O.C2H6/c1-5-12-28(8-4)33-31-18-17-27(25-37)23-32(31)36-22-21-35(20-19-26-15-10-9-11-16-26)30(14-7-3)24-29(13-6-2)34(33)36;1-2/h13-14,17-18,23,25-26,28H,5-12,15-16,19-22,24H2,1-4H3;1-2H3/b29-13+,30-14+;. The fraction of sp³-hybridized carbons (Fsp3) is 0.639. The van der Waals surface area contributed by atoms with Crippen LogP contribution in [0.4, 0.5) is 0 Å². The lowest BCUT2D eigenvalue weighted by molar-refractivity contribution is 0.112. The number of hydrogen-bond donors (Lipinski definition) is 0. The Morgan fingerprint density at radius 1 is 0.974 bits per heavy atom. The van der Waals surface area contributed by atoms with Gasteiger partial charge in [0.1, 0.15) is 6.29 Å². The highest BCUT2D eigenvalue weighted by Crippen LogP contribution is 2.43. The van der Waals surface area contributed by atoms with Crippen molar-refractivity contribution < 1.29 is 4.79 Å². The van der Waals surface area contributed by atoms with Gasteiger partial charge in [-0.15, -0.1) is 0 Å². The molecule has 1 aromatic heterocycles. The predicted molar refractivity (Wildman–Crippen MR) is 171 cm³/mol. The molecule has 4 rings (SSSR count). The van der Waals surface area contributed by atoms with Crippen molar-refractivity contribution >= 4 is 22.8 Å². The first-order valence-electron chi connectivity index (χ1n) is 16.4. The normalized spacial score (nSPS) is 19.4. The molecule has 2 aliphatic rings. The minimum Gasteiger partial charge on any atom is -0.373 e. The Morgan fingerprint density at radius 2 is 1.72 bits per heavy atom. The summed E-state index contributed by atoms with van der Waals surface area (Å²) in [6.07, 6.45) is 21.1. The number of aldehydes is 1. The van der Waals surface area contributed by atoms with Crippen LogP contribution in [0.1, 0.15) is 146 Å². The molecule has 0 spiro atoms. The molecular weight excluding hydrogens is 476 g/mol. The molecule has 1 fully saturated rings. The molecule has 39 heavy (non-hydrogen) atoms. The third-order valence-corrected chi connectivity index (χ3v) is 8.90. The molecule has 0 saturated heterocycles. The average molecular weight is 533 g/mol. The van der Waals surface area contributed by atoms with Gasteiger partial charge >= 0.3 is 0 Å². The van der Waals surface area contributed by atoms with Crippen molar-refractivity contribution in [2.75, 3.05) is 13.1 Å². The largest absolute Gasteiger partial charge is 0.373 e. The average Bonchev–Trinajstić information content (AvgIpc) is 3.28. The fourth-order valence-corrected chi connectivity index (χ4v) is 7.04. The summed E-state index contributed by atoms with van der Waals surface area (Å²) in [5.74, 6) is 1.45. The summed E-state index contributed by atoms with van der Waals surface area (Å²) in [6.45, 7) is 16.4. The van der Waals surface area contributed by atoms with Crippen LogP contribution in [0.2, 0.25) is 0 Å². The Balaban J connectivity index is 0.00000205. The molecule has 0 radical (unpaired) electrons. The van der Waals surface area contributed by atoms with Crippen LogP contribution >= 0.6 is 0 Å². The molecule has 3 heteroatoms. The zero-order valence-electron chi connectivity index (χ0n) is 26.0. The molecule has 1 aliphatic carbocycles. The quantitative estimate of drug-likeness (QED) is 0.284. The van der Waals surface area contributed by atoms with Crippen molar-refractivity contribution in [2.45, 2.75) is 131 Å². The summed E-state index contributed by atoms with van der Waals surface area (Å²) in [5, 5.41) is 1.36. The Morgan fingerprint density at radius 3 is 2.36 bits per heavy atom. The lowest BCUT2D eigenvalue weighted by Gasteiger charge is -2.34. The second kappa shape index (κ2) is 16.1. The van der Waals surface area contributed by atoms with Crippen LogP contribution < -0.4 is 0 Å². The Bertz CT molecular complexity index is 1100. The van der Waals surface area contributed by atoms with E-state index in [-0.39, 0.29) is 0 Å². The van der Waals surface area contributed by atoms with E-state index in [2.05, 4.69) is 61.4 Å². The van der Waals surface area contributed by atoms with E-state index in [0.29, 0.717) is 5.92 Å². The predicted octanol–water partition coefficient (Wildman–Crippen LogP) is 10.5. The van der Waals surface area contributed by atoms with Gasteiger partial charge in [0.2, 0.25) is 0 Å². The molecule has 2 heterocycles. The molecule has 0 bridgehead atoms. The molecular formula is C36H56N2O. The smallest absolute Gasteiger partial charge is 0.150 e. The van der Waals surface area contributed by atoms with Crippen LogP contribution in [-0.4, -0.2) is 28.8 Å². The minimum absolute atomic E-state index is 0.548. The summed E-state index contributed by atoms with van der Waals surface area (Å²) in [4.78, 5) is 14.5. The van der Waals surface area contributed by atoms with Crippen LogP contribution in [-0.2, 0) is 6.54 Å². The van der Waals surface area contributed by atoms with E-state index in [0.717, 1.165) is 56.5 Å². The van der Waals surface area contributed by atoms with Crippen molar-refractivity contribution in [3.05, 3.63) is 52.9 Å². The van der Waals surface area contributed by atoms with Crippen LogP contribution in [0, 0.1) is 5.92 Å². The highest BCUT2D eigenvalue weighted by Gasteiger charge is 2.28. The molecule has 0 amide bonds. The van der Waals surface area contributed by atoms with E-state index in [9.17, 15) is 4.79 Å². The van der Waals surface area contributed by atoms with E-state index in [4.69, 9.17) is 0 Å². The van der Waals surface area contributed by atoms with Gasteiger partial charge < -0.3 is 9.47 Å². The number of hydrogen-bond acceptors (Lipinski definition) is 2. The molecule has 1 unspecified atom stereocenters. The van der Waals surface area contributed by atoms with Crippen LogP contribution in [0.5, 0.6) is 0 Å². The van der Waals surface area contributed by atoms with E-state index < -0.39 is 0 Å². The molecule has 3 nitrogen and oxygen atoms in total. The lowest BCUT2D eigenvalue weighted by Crippen LogP contribution is -2.32. The first-order valence-corrected chi connectivity index (χ1v) is 16.4. The van der Waals surface area contributed by atoms with Gasteiger partial charge in [-0.25, -0.2) is 0 Å². The number of rotatable bonds is 10. The monoisotopic (exact) mass is 532 g/mol. The zero-order chi connectivity index (χ0) is 28.2. The van der Waals surface area contributed by atoms with Gasteiger partial charge in [-0.2, -0.15) is 0 Å².